The van der Waals surface area contributed by atoms with E-state index in [-0.39, 0.29) is 41.8 Å². The molecule has 2 aromatic carbocycles. The Balaban J connectivity index is 0.805. The minimum atomic E-state index is -5.82. The Hall–Kier alpha value is -5.27. The lowest BCUT2D eigenvalue weighted by atomic mass is 9.91. The van der Waals surface area contributed by atoms with Crippen molar-refractivity contribution in [1.82, 2.24) is 34.3 Å². The molecule has 0 radical (unpaired) electrons. The Morgan fingerprint density at radius 1 is 0.905 bits per heavy atom. The highest BCUT2D eigenvalue weighted by Gasteiger charge is 2.47. The maximum Gasteiger partial charge on any atom is 0.490 e. The molecule has 3 unspecified atom stereocenters. The van der Waals surface area contributed by atoms with Gasteiger partial charge in [0.1, 0.15) is 32.4 Å². The van der Waals surface area contributed by atoms with Crippen LogP contribution in [0.5, 0.6) is 0 Å². The number of H-pyrrole nitrogens is 1. The molecule has 25 nitrogen and oxygen atoms in total. The third-order valence-electron chi connectivity index (χ3n) is 11.9. The first kappa shape index (κ1) is 56.5. The summed E-state index contributed by atoms with van der Waals surface area (Å²) in [5.41, 5.74) is 9.04. The molecule has 4 aromatic rings. The van der Waals surface area contributed by atoms with Gasteiger partial charge in [0.25, 0.3) is 11.5 Å². The average Bonchev–Trinajstić information content (AvgIpc) is 3.88. The monoisotopic (exact) mass is 1110 g/mol. The molecule has 3 aliphatic rings. The van der Waals surface area contributed by atoms with Crippen LogP contribution in [-0.4, -0.2) is 141 Å². The number of phosphoric ester groups is 2. The van der Waals surface area contributed by atoms with E-state index >= 15 is 0 Å². The number of imidazole rings is 1. The number of aromatic nitrogens is 4. The van der Waals surface area contributed by atoms with Gasteiger partial charge in [-0.3, -0.25) is 33.0 Å². The van der Waals surface area contributed by atoms with Crippen molar-refractivity contribution in [3.05, 3.63) is 88.3 Å². The fourth-order valence-electron chi connectivity index (χ4n) is 8.18. The van der Waals surface area contributed by atoms with Gasteiger partial charge in [0.05, 0.1) is 19.5 Å². The van der Waals surface area contributed by atoms with Crippen molar-refractivity contribution in [2.24, 2.45) is 0 Å². The Labute approximate surface area is 428 Å². The van der Waals surface area contributed by atoms with Gasteiger partial charge >= 0.3 is 23.5 Å². The number of aliphatic hydroxyl groups is 2. The van der Waals surface area contributed by atoms with Crippen molar-refractivity contribution in [1.29, 1.82) is 0 Å². The topological polar surface area (TPSA) is 344 Å². The lowest BCUT2D eigenvalue weighted by Crippen LogP contribution is -2.33. The number of aliphatic hydroxyl groups excluding tert-OH is 2. The van der Waals surface area contributed by atoms with Crippen LogP contribution in [0, 0.1) is 0 Å². The van der Waals surface area contributed by atoms with E-state index < -0.39 is 66.8 Å². The van der Waals surface area contributed by atoms with E-state index in [0.29, 0.717) is 44.3 Å². The first-order chi connectivity index (χ1) is 34.9. The third kappa shape index (κ3) is 13.8. The molecule has 1 saturated heterocycles. The number of amides is 2. The number of nitrogens with zero attached hydrogens (tertiary/aromatic N) is 6. The average molecular weight is 1110 g/mol. The van der Waals surface area contributed by atoms with Crippen molar-refractivity contribution in [3.8, 4) is 21.6 Å². The number of hydrogen-bond acceptors (Lipinski definition) is 18. The van der Waals surface area contributed by atoms with Gasteiger partial charge < -0.3 is 50.5 Å². The van der Waals surface area contributed by atoms with Gasteiger partial charge in [-0.2, -0.15) is 13.6 Å². The van der Waals surface area contributed by atoms with Gasteiger partial charge in [-0.25, -0.2) is 23.3 Å². The van der Waals surface area contributed by atoms with Gasteiger partial charge in [0.2, 0.25) is 17.2 Å². The molecule has 29 heteroatoms. The molecule has 0 spiro atoms. The number of carbonyl (C=O) groups excluding carboxylic acids is 2. The molecule has 7 atom stereocenters. The second-order valence-electron chi connectivity index (χ2n) is 17.8. The van der Waals surface area contributed by atoms with Crippen LogP contribution in [0.4, 0.5) is 11.6 Å². The summed E-state index contributed by atoms with van der Waals surface area (Å²) < 4.78 is 64.7. The Kier molecular flexibility index (Phi) is 18.1. The minimum absolute atomic E-state index is 0.122. The lowest BCUT2D eigenvalue weighted by Gasteiger charge is -2.22. The number of ether oxygens (including phenoxy) is 1. The molecule has 2 amide bonds. The zero-order valence-corrected chi connectivity index (χ0v) is 44.5. The van der Waals surface area contributed by atoms with Crippen LogP contribution in [0.1, 0.15) is 55.1 Å². The van der Waals surface area contributed by atoms with Crippen molar-refractivity contribution in [2.45, 2.75) is 63.1 Å². The molecule has 74 heavy (non-hydrogen) atoms. The first-order valence-electron chi connectivity index (χ1n) is 23.2. The highest BCUT2D eigenvalue weighted by Crippen LogP contribution is 2.67. The summed E-state index contributed by atoms with van der Waals surface area (Å²) in [5, 5.41) is 26.0. The van der Waals surface area contributed by atoms with Crippen molar-refractivity contribution >= 4 is 79.5 Å². The normalized spacial score (nSPS) is 19.3. The van der Waals surface area contributed by atoms with E-state index in [9.17, 15) is 53.0 Å². The number of nitrogens with one attached hydrogen (secondary N) is 2. The van der Waals surface area contributed by atoms with Gasteiger partial charge in [0.15, 0.2) is 17.4 Å². The Morgan fingerprint density at radius 2 is 1.62 bits per heavy atom. The number of phosphoric acid groups is 3. The number of carbonyl (C=O) groups is 2. The summed E-state index contributed by atoms with van der Waals surface area (Å²) in [5.74, 6) is -0.649. The standard InChI is InChI=1S/C45H58N9O16P3S/c1-51(2)27-16-18-31-34(23-27)74-35-24-28(52(3)4)17-19-32(35)37(31)29-13-8-9-14-30(29)43(59)53(5)21-12-15-36(55)47-20-10-6-7-11-22-66-71(60,61)69-73(64,65)70-72(62,63)67-25-33-39(56)40(57)44(68-33)54-26-48-38-41(54)49-45(46)50-42(38)58/h8-9,13-14,16-19,23-24,26,33,39-40,44,56-57H,6-7,10-12,15,20-22,25H2,1-5H3,(H6-,46,47,49,50,55,58,60,61,62,63,64,65)/p+1/t33-,39-,40-,44-/m1/s1. The SMILES string of the molecule is CN(CCCC(=O)NCCCCCCOP(=O)(O)OP(=O)(O)OP(=O)(O)OC[C@H]1O[C@@H](n2cnc3c(=O)[nH]c(N)nc32)[C@H](O)[C@@H]1O)C(=O)c1ccccc1-c1c2ccc(=[N+](C)C)cc-2sc2cc(N(C)C)ccc12. The Morgan fingerprint density at radius 3 is 2.35 bits per heavy atom. The lowest BCUT2D eigenvalue weighted by molar-refractivity contribution is -0.121. The summed E-state index contributed by atoms with van der Waals surface area (Å²) in [4.78, 5) is 83.8. The van der Waals surface area contributed by atoms with Crippen molar-refractivity contribution in [3.63, 3.8) is 0 Å². The molecule has 4 heterocycles. The summed E-state index contributed by atoms with van der Waals surface area (Å²) in [6, 6.07) is 20.3. The summed E-state index contributed by atoms with van der Waals surface area (Å²) in [7, 11) is -7.01. The molecular formula is C45H59N9O16P3S+. The van der Waals surface area contributed by atoms with E-state index in [0.717, 1.165) is 53.6 Å². The van der Waals surface area contributed by atoms with Gasteiger partial charge in [-0.1, -0.05) is 37.1 Å². The molecular weight excluding hydrogens is 1050 g/mol. The molecule has 1 fully saturated rings. The predicted octanol–water partition coefficient (Wildman–Crippen LogP) is 4.00. The molecule has 1 aliphatic carbocycles. The summed E-state index contributed by atoms with van der Waals surface area (Å²) in [6.07, 6.45) is -3.11. The fraction of sp³-hybridized carbons (Fsp3) is 0.422. The number of rotatable bonds is 23. The largest absolute Gasteiger partial charge is 0.490 e. The van der Waals surface area contributed by atoms with Crippen LogP contribution in [0.15, 0.2) is 71.8 Å². The molecule has 400 valence electrons. The van der Waals surface area contributed by atoms with Crippen LogP contribution in [0.2, 0.25) is 0 Å². The van der Waals surface area contributed by atoms with Crippen LogP contribution >= 0.6 is 34.8 Å². The smallest absolute Gasteiger partial charge is 0.387 e. The summed E-state index contributed by atoms with van der Waals surface area (Å²) >= 11 is 1.71. The van der Waals surface area contributed by atoms with Crippen LogP contribution < -0.4 is 31.4 Å². The zero-order valence-electron chi connectivity index (χ0n) is 41.0. The second-order valence-corrected chi connectivity index (χ2v) is 23.5. The van der Waals surface area contributed by atoms with E-state index in [1.807, 2.05) is 52.5 Å². The maximum absolute atomic E-state index is 14.1. The third-order valence-corrected chi connectivity index (χ3v) is 17.3. The van der Waals surface area contributed by atoms with Crippen molar-refractivity contribution < 1.29 is 70.6 Å². The second kappa shape index (κ2) is 23.7. The van der Waals surface area contributed by atoms with Crippen LogP contribution in [-0.2, 0) is 40.9 Å². The number of anilines is 2. The molecule has 9 N–H and O–H groups in total. The van der Waals surface area contributed by atoms with Crippen LogP contribution in [0.25, 0.3) is 42.8 Å². The number of fused-ring (bicyclic) bond motifs is 3. The number of hydrogen-bond donors (Lipinski definition) is 8. The number of benzene rings is 3. The number of aromatic amines is 1. The van der Waals surface area contributed by atoms with E-state index in [1.54, 1.807) is 23.3 Å². The number of nitrogens with two attached hydrogens (primary N) is 1. The molecule has 0 saturated carbocycles. The van der Waals surface area contributed by atoms with E-state index in [1.165, 1.54) is 0 Å². The zero-order chi connectivity index (χ0) is 53.7. The van der Waals surface area contributed by atoms with E-state index in [4.69, 9.17) is 15.0 Å². The number of unbranched alkanes of at least 4 members (excludes halogenated alkanes) is 3. The fourth-order valence-corrected chi connectivity index (χ4v) is 12.9. The molecule has 2 aliphatic heterocycles. The van der Waals surface area contributed by atoms with Crippen molar-refractivity contribution in [2.75, 3.05) is 72.2 Å². The first-order valence-corrected chi connectivity index (χ1v) is 28.5. The highest BCUT2D eigenvalue weighted by molar-refractivity contribution is 7.66. The number of nitrogen functional groups attached to an aromatic ring is 1. The maximum atomic E-state index is 14.1. The highest BCUT2D eigenvalue weighted by atomic mass is 32.1. The molecule has 2 aromatic heterocycles. The quantitative estimate of drug-likeness (QED) is 0.0194. The minimum Gasteiger partial charge on any atom is -0.387 e. The predicted molar refractivity (Wildman–Crippen MR) is 275 cm³/mol. The molecule has 0 bridgehead atoms. The van der Waals surface area contributed by atoms with Gasteiger partial charge in [-0.15, -0.1) is 11.3 Å². The van der Waals surface area contributed by atoms with Gasteiger partial charge in [0, 0.05) is 84.6 Å². The van der Waals surface area contributed by atoms with Crippen LogP contribution in [0.3, 0.4) is 0 Å². The molecule has 7 rings (SSSR count). The van der Waals surface area contributed by atoms with E-state index in [2.05, 4.69) is 79.3 Å². The Bertz CT molecular complexity index is 3280. The summed E-state index contributed by atoms with van der Waals surface area (Å²) in [6.45, 7) is -0.779. The van der Waals surface area contributed by atoms with Gasteiger partial charge in [-0.05, 0) is 54.7 Å².